The van der Waals surface area contributed by atoms with Gasteiger partial charge >= 0.3 is 5.97 Å². The van der Waals surface area contributed by atoms with Crippen molar-refractivity contribution in [2.75, 3.05) is 6.61 Å². The van der Waals surface area contributed by atoms with Crippen LogP contribution in [0.3, 0.4) is 0 Å². The third-order valence-corrected chi connectivity index (χ3v) is 6.53. The molecule has 0 aliphatic carbocycles. The van der Waals surface area contributed by atoms with Gasteiger partial charge in [-0.05, 0) is 60.5 Å². The van der Waals surface area contributed by atoms with E-state index in [-0.39, 0.29) is 29.6 Å². The van der Waals surface area contributed by atoms with E-state index in [0.29, 0.717) is 40.5 Å². The summed E-state index contributed by atoms with van der Waals surface area (Å²) in [6, 6.07) is 27.4. The fourth-order valence-electron chi connectivity index (χ4n) is 4.45. The predicted octanol–water partition coefficient (Wildman–Crippen LogP) is 6.63. The Hall–Kier alpha value is -5.29. The van der Waals surface area contributed by atoms with E-state index in [2.05, 4.69) is 6.07 Å². The predicted molar refractivity (Wildman–Crippen MR) is 150 cm³/mol. The summed E-state index contributed by atoms with van der Waals surface area (Å²) in [7, 11) is 0. The molecule has 0 bridgehead atoms. The Labute approximate surface area is 237 Å². The minimum absolute atomic E-state index is 0.0315. The monoisotopic (exact) mass is 550 g/mol. The number of nitriles is 1. The van der Waals surface area contributed by atoms with Crippen LogP contribution in [0, 0.1) is 17.1 Å². The molecule has 0 saturated heterocycles. The van der Waals surface area contributed by atoms with Gasteiger partial charge in [-0.3, -0.25) is 0 Å². The van der Waals surface area contributed by atoms with E-state index >= 15 is 0 Å². The van der Waals surface area contributed by atoms with Crippen LogP contribution in [0.5, 0.6) is 23.0 Å². The average molecular weight is 551 g/mol. The first-order valence-electron chi connectivity index (χ1n) is 13.1. The van der Waals surface area contributed by atoms with Gasteiger partial charge in [0.2, 0.25) is 5.88 Å². The zero-order chi connectivity index (χ0) is 28.8. The van der Waals surface area contributed by atoms with Gasteiger partial charge in [0, 0.05) is 17.2 Å². The lowest BCUT2D eigenvalue weighted by atomic mass is 9.83. The number of nitrogens with two attached hydrogens (primary N) is 1. The largest absolute Gasteiger partial charge is 0.494 e. The van der Waals surface area contributed by atoms with Crippen LogP contribution in [0.4, 0.5) is 4.39 Å². The van der Waals surface area contributed by atoms with E-state index in [0.717, 1.165) is 12.0 Å². The first kappa shape index (κ1) is 27.3. The lowest BCUT2D eigenvalue weighted by Gasteiger charge is -2.26. The normalized spacial score (nSPS) is 13.9. The second kappa shape index (κ2) is 12.3. The molecule has 41 heavy (non-hydrogen) atoms. The highest BCUT2D eigenvalue weighted by atomic mass is 19.1. The smallest absolute Gasteiger partial charge is 0.343 e. The summed E-state index contributed by atoms with van der Waals surface area (Å²) in [6.07, 6.45) is 0.886. The van der Waals surface area contributed by atoms with Crippen LogP contribution in [-0.4, -0.2) is 12.6 Å². The zero-order valence-electron chi connectivity index (χ0n) is 22.3. The van der Waals surface area contributed by atoms with Crippen molar-refractivity contribution in [3.63, 3.8) is 0 Å². The van der Waals surface area contributed by atoms with Crippen LogP contribution in [0.1, 0.15) is 46.3 Å². The molecule has 0 aromatic heterocycles. The standard InChI is InChI=1S/C33H27FN2O5/c1-2-17-38-24-13-9-22(10-14-24)33(37)40-26-15-16-27-30(18-26)41-32(36)28(19-35)31(27)21-7-11-25(12-8-21)39-20-23-5-3-4-6-29(23)34/h3-16,18,31H,2,17,20,36H2,1H3. The van der Waals surface area contributed by atoms with Gasteiger partial charge in [0.05, 0.1) is 18.1 Å². The number of esters is 1. The molecule has 7 nitrogen and oxygen atoms in total. The Morgan fingerprint density at radius 2 is 1.63 bits per heavy atom. The number of carbonyl (C=O) groups is 1. The number of halogens is 1. The number of carbonyl (C=O) groups excluding carboxylic acids is 1. The summed E-state index contributed by atoms with van der Waals surface area (Å²) in [6.45, 7) is 2.70. The van der Waals surface area contributed by atoms with Crippen molar-refractivity contribution in [1.82, 2.24) is 0 Å². The number of hydrogen-bond acceptors (Lipinski definition) is 7. The number of hydrogen-bond donors (Lipinski definition) is 1. The molecule has 0 fully saturated rings. The summed E-state index contributed by atoms with van der Waals surface area (Å²) in [4.78, 5) is 12.7. The van der Waals surface area contributed by atoms with Crippen molar-refractivity contribution in [3.8, 4) is 29.1 Å². The molecular weight excluding hydrogens is 523 g/mol. The molecule has 0 saturated carbocycles. The van der Waals surface area contributed by atoms with Crippen LogP contribution < -0.4 is 24.7 Å². The topological polar surface area (TPSA) is 104 Å². The van der Waals surface area contributed by atoms with Gasteiger partial charge < -0.3 is 24.7 Å². The quantitative estimate of drug-likeness (QED) is 0.184. The number of nitrogens with zero attached hydrogens (tertiary/aromatic N) is 1. The lowest BCUT2D eigenvalue weighted by Crippen LogP contribution is -2.21. The minimum Gasteiger partial charge on any atom is -0.494 e. The van der Waals surface area contributed by atoms with E-state index in [1.54, 1.807) is 72.8 Å². The Morgan fingerprint density at radius 3 is 2.34 bits per heavy atom. The first-order valence-corrected chi connectivity index (χ1v) is 13.1. The highest BCUT2D eigenvalue weighted by Crippen LogP contribution is 2.43. The van der Waals surface area contributed by atoms with Gasteiger partial charge in [-0.25, -0.2) is 9.18 Å². The van der Waals surface area contributed by atoms with Crippen LogP contribution >= 0.6 is 0 Å². The Bertz CT molecular complexity index is 1630. The highest BCUT2D eigenvalue weighted by Gasteiger charge is 2.31. The fraction of sp³-hybridized carbons (Fsp3) is 0.152. The molecule has 1 atom stereocenters. The number of ether oxygens (including phenoxy) is 4. The van der Waals surface area contributed by atoms with Crippen LogP contribution in [0.25, 0.3) is 0 Å². The molecule has 1 heterocycles. The molecule has 8 heteroatoms. The van der Waals surface area contributed by atoms with E-state index < -0.39 is 11.9 Å². The van der Waals surface area contributed by atoms with E-state index in [1.165, 1.54) is 6.07 Å². The molecule has 1 aliphatic heterocycles. The Morgan fingerprint density at radius 1 is 0.951 bits per heavy atom. The third-order valence-electron chi connectivity index (χ3n) is 6.53. The zero-order valence-corrected chi connectivity index (χ0v) is 22.3. The molecule has 5 rings (SSSR count). The lowest BCUT2D eigenvalue weighted by molar-refractivity contribution is 0.0734. The summed E-state index contributed by atoms with van der Waals surface area (Å²) < 4.78 is 36.6. The molecule has 0 radical (unpaired) electrons. The van der Waals surface area contributed by atoms with Gasteiger partial charge in [-0.1, -0.05) is 43.3 Å². The summed E-state index contributed by atoms with van der Waals surface area (Å²) in [5, 5.41) is 9.87. The van der Waals surface area contributed by atoms with Crippen LogP contribution in [0.2, 0.25) is 0 Å². The molecule has 1 aliphatic rings. The van der Waals surface area contributed by atoms with Crippen LogP contribution in [-0.2, 0) is 6.61 Å². The highest BCUT2D eigenvalue weighted by molar-refractivity contribution is 5.91. The minimum atomic E-state index is -0.536. The van der Waals surface area contributed by atoms with Crippen molar-refractivity contribution in [1.29, 1.82) is 5.26 Å². The maximum Gasteiger partial charge on any atom is 0.343 e. The maximum atomic E-state index is 13.9. The molecule has 0 amide bonds. The van der Waals surface area contributed by atoms with Gasteiger partial charge in [-0.2, -0.15) is 5.26 Å². The van der Waals surface area contributed by atoms with Crippen molar-refractivity contribution in [3.05, 3.63) is 131 Å². The van der Waals surface area contributed by atoms with Gasteiger partial charge in [0.15, 0.2) is 0 Å². The summed E-state index contributed by atoms with van der Waals surface area (Å²) in [5.74, 6) is 0.460. The van der Waals surface area contributed by atoms with E-state index in [4.69, 9.17) is 24.7 Å². The van der Waals surface area contributed by atoms with Gasteiger partial charge in [0.25, 0.3) is 0 Å². The Kier molecular flexibility index (Phi) is 8.16. The molecule has 0 spiro atoms. The number of benzene rings is 4. The van der Waals surface area contributed by atoms with Crippen molar-refractivity contribution in [2.45, 2.75) is 25.9 Å². The molecular formula is C33H27FN2O5. The van der Waals surface area contributed by atoms with Crippen molar-refractivity contribution < 1.29 is 28.1 Å². The molecule has 206 valence electrons. The summed E-state index contributed by atoms with van der Waals surface area (Å²) >= 11 is 0. The summed E-state index contributed by atoms with van der Waals surface area (Å²) in [5.41, 5.74) is 8.68. The molecule has 1 unspecified atom stereocenters. The van der Waals surface area contributed by atoms with E-state index in [1.807, 2.05) is 19.1 Å². The van der Waals surface area contributed by atoms with Crippen LogP contribution in [0.15, 0.2) is 102 Å². The SMILES string of the molecule is CCCOc1ccc(C(=O)Oc2ccc3c(c2)OC(N)=C(C#N)C3c2ccc(OCc3ccccc3F)cc2)cc1. The number of allylic oxidation sites excluding steroid dienone is 1. The molecule has 2 N–H and O–H groups in total. The van der Waals surface area contributed by atoms with Gasteiger partial charge in [0.1, 0.15) is 47.1 Å². The fourth-order valence-corrected chi connectivity index (χ4v) is 4.45. The first-order chi connectivity index (χ1) is 20.0. The third kappa shape index (κ3) is 6.15. The number of rotatable bonds is 9. The molecule has 4 aromatic carbocycles. The van der Waals surface area contributed by atoms with E-state index in [9.17, 15) is 14.4 Å². The van der Waals surface area contributed by atoms with Crippen molar-refractivity contribution in [2.24, 2.45) is 5.73 Å². The second-order valence-corrected chi connectivity index (χ2v) is 9.34. The second-order valence-electron chi connectivity index (χ2n) is 9.34. The van der Waals surface area contributed by atoms with Gasteiger partial charge in [-0.15, -0.1) is 0 Å². The maximum absolute atomic E-state index is 13.9. The molecule has 4 aromatic rings. The van der Waals surface area contributed by atoms with Crippen molar-refractivity contribution >= 4 is 5.97 Å². The number of fused-ring (bicyclic) bond motifs is 1. The Balaban J connectivity index is 1.33. The average Bonchev–Trinajstić information content (AvgIpc) is 2.99.